The maximum atomic E-state index is 13.0. The molecule has 3 aromatic carbocycles. The first-order valence-corrected chi connectivity index (χ1v) is 8.86. The van der Waals surface area contributed by atoms with Crippen LogP contribution in [-0.2, 0) is 13.2 Å². The van der Waals surface area contributed by atoms with E-state index < -0.39 is 11.7 Å². The summed E-state index contributed by atoms with van der Waals surface area (Å²) < 4.78 is 40.7. The Hall–Kier alpha value is -2.99. The summed E-state index contributed by atoms with van der Waals surface area (Å²) in [6, 6.07) is 19.6. The van der Waals surface area contributed by atoms with Crippen molar-refractivity contribution in [3.63, 3.8) is 0 Å². The molecule has 0 bridgehead atoms. The molecule has 0 aliphatic carbocycles. The molecule has 0 spiro atoms. The molecule has 3 nitrogen and oxygen atoms in total. The molecule has 1 heterocycles. The Bertz CT molecular complexity index is 1130. The van der Waals surface area contributed by atoms with Crippen LogP contribution in [0.1, 0.15) is 5.56 Å². The first-order chi connectivity index (χ1) is 13.3. The Labute approximate surface area is 164 Å². The lowest BCUT2D eigenvalue weighted by Crippen LogP contribution is -2.04. The van der Waals surface area contributed by atoms with Crippen LogP contribution in [0.3, 0.4) is 0 Å². The highest BCUT2D eigenvalue weighted by Gasteiger charge is 2.32. The highest BCUT2D eigenvalue weighted by molar-refractivity contribution is 6.35. The fourth-order valence-electron chi connectivity index (χ4n) is 3.08. The standard InChI is InChI=1S/C21H15ClF3N3/c1-28-19-17(22)11-15(21(23,24)25)12-18(19)27-20(28)26-16-9-7-14(8-10-16)13-5-3-2-4-6-13/h2-12H,1H3,(H,26,27). The number of imidazole rings is 1. The summed E-state index contributed by atoms with van der Waals surface area (Å²) in [5, 5.41) is 3.14. The van der Waals surface area contributed by atoms with Gasteiger partial charge in [-0.1, -0.05) is 54.1 Å². The average molecular weight is 402 g/mol. The second kappa shape index (κ2) is 6.87. The zero-order valence-electron chi connectivity index (χ0n) is 14.8. The number of nitrogens with one attached hydrogen (secondary N) is 1. The molecule has 1 aromatic heterocycles. The van der Waals surface area contributed by atoms with Gasteiger partial charge in [0.15, 0.2) is 0 Å². The van der Waals surface area contributed by atoms with Crippen LogP contribution in [0.15, 0.2) is 66.7 Å². The molecule has 0 saturated heterocycles. The van der Waals surface area contributed by atoms with Crippen LogP contribution < -0.4 is 5.32 Å². The molecule has 28 heavy (non-hydrogen) atoms. The van der Waals surface area contributed by atoms with E-state index in [0.717, 1.165) is 28.9 Å². The van der Waals surface area contributed by atoms with Gasteiger partial charge in [0, 0.05) is 12.7 Å². The Morgan fingerprint density at radius 3 is 2.21 bits per heavy atom. The highest BCUT2D eigenvalue weighted by Crippen LogP contribution is 2.36. The summed E-state index contributed by atoms with van der Waals surface area (Å²) >= 11 is 6.09. The van der Waals surface area contributed by atoms with Crippen LogP contribution in [-0.4, -0.2) is 9.55 Å². The maximum Gasteiger partial charge on any atom is 0.416 e. The summed E-state index contributed by atoms with van der Waals surface area (Å²) in [7, 11) is 1.70. The third-order valence-corrected chi connectivity index (χ3v) is 4.79. The van der Waals surface area contributed by atoms with Gasteiger partial charge in [-0.2, -0.15) is 13.2 Å². The third kappa shape index (κ3) is 3.43. The molecule has 0 aliphatic rings. The van der Waals surface area contributed by atoms with E-state index in [1.807, 2.05) is 54.6 Å². The molecule has 0 amide bonds. The van der Waals surface area contributed by atoms with Crippen molar-refractivity contribution < 1.29 is 13.2 Å². The Balaban J connectivity index is 1.66. The van der Waals surface area contributed by atoms with Crippen molar-refractivity contribution in [1.82, 2.24) is 9.55 Å². The quantitative estimate of drug-likeness (QED) is 0.416. The lowest BCUT2D eigenvalue weighted by Gasteiger charge is -2.09. The van der Waals surface area contributed by atoms with Crippen molar-refractivity contribution in [1.29, 1.82) is 0 Å². The Kier molecular flexibility index (Phi) is 4.51. The number of aromatic nitrogens is 2. The molecule has 0 unspecified atom stereocenters. The summed E-state index contributed by atoms with van der Waals surface area (Å²) in [4.78, 5) is 4.29. The van der Waals surface area contributed by atoms with E-state index in [0.29, 0.717) is 11.5 Å². The van der Waals surface area contributed by atoms with Gasteiger partial charge in [-0.15, -0.1) is 0 Å². The molecule has 0 aliphatic heterocycles. The molecule has 4 aromatic rings. The molecule has 142 valence electrons. The first kappa shape index (κ1) is 18.4. The lowest BCUT2D eigenvalue weighted by molar-refractivity contribution is -0.137. The van der Waals surface area contributed by atoms with E-state index in [1.165, 1.54) is 0 Å². The fraction of sp³-hybridized carbons (Fsp3) is 0.0952. The zero-order valence-corrected chi connectivity index (χ0v) is 15.5. The van der Waals surface area contributed by atoms with Gasteiger partial charge in [-0.25, -0.2) is 4.98 Å². The fourth-order valence-corrected chi connectivity index (χ4v) is 3.42. The smallest absolute Gasteiger partial charge is 0.326 e. The number of halogens is 4. The largest absolute Gasteiger partial charge is 0.416 e. The summed E-state index contributed by atoms with van der Waals surface area (Å²) in [5.41, 5.74) is 2.74. The number of hydrogen-bond donors (Lipinski definition) is 1. The topological polar surface area (TPSA) is 29.9 Å². The predicted octanol–water partition coefficient (Wildman–Crippen LogP) is 6.66. The summed E-state index contributed by atoms with van der Waals surface area (Å²) in [6.45, 7) is 0. The van der Waals surface area contributed by atoms with Gasteiger partial charge >= 0.3 is 6.18 Å². The minimum absolute atomic E-state index is 0.00676. The number of nitrogens with zero attached hydrogens (tertiary/aromatic N) is 2. The minimum atomic E-state index is -4.48. The van der Waals surface area contributed by atoms with Crippen molar-refractivity contribution in [3.05, 3.63) is 77.3 Å². The molecular weight excluding hydrogens is 387 g/mol. The van der Waals surface area contributed by atoms with E-state index in [2.05, 4.69) is 10.3 Å². The molecular formula is C21H15ClF3N3. The predicted molar refractivity (Wildman–Crippen MR) is 106 cm³/mol. The number of hydrogen-bond acceptors (Lipinski definition) is 2. The van der Waals surface area contributed by atoms with E-state index in [-0.39, 0.29) is 10.5 Å². The van der Waals surface area contributed by atoms with E-state index in [9.17, 15) is 13.2 Å². The van der Waals surface area contributed by atoms with E-state index in [4.69, 9.17) is 11.6 Å². The number of rotatable bonds is 3. The third-order valence-electron chi connectivity index (χ3n) is 4.50. The van der Waals surface area contributed by atoms with Crippen molar-refractivity contribution in [2.45, 2.75) is 6.18 Å². The van der Waals surface area contributed by atoms with Crippen LogP contribution in [0.4, 0.5) is 24.8 Å². The minimum Gasteiger partial charge on any atom is -0.326 e. The monoisotopic (exact) mass is 401 g/mol. The second-order valence-corrected chi connectivity index (χ2v) is 6.79. The van der Waals surface area contributed by atoms with Crippen LogP contribution in [0, 0.1) is 0 Å². The normalized spacial score (nSPS) is 11.8. The first-order valence-electron chi connectivity index (χ1n) is 8.48. The number of fused-ring (bicyclic) bond motifs is 1. The molecule has 0 saturated carbocycles. The van der Waals surface area contributed by atoms with E-state index in [1.54, 1.807) is 11.6 Å². The summed E-state index contributed by atoms with van der Waals surface area (Å²) in [5.74, 6) is 0.406. The Morgan fingerprint density at radius 1 is 0.929 bits per heavy atom. The van der Waals surface area contributed by atoms with Gasteiger partial charge in [-0.3, -0.25) is 0 Å². The van der Waals surface area contributed by atoms with E-state index >= 15 is 0 Å². The molecule has 0 atom stereocenters. The average Bonchev–Trinajstić information content (AvgIpc) is 2.98. The van der Waals surface area contributed by atoms with Crippen molar-refractivity contribution >= 4 is 34.3 Å². The van der Waals surface area contributed by atoms with Crippen LogP contribution in [0.5, 0.6) is 0 Å². The van der Waals surface area contributed by atoms with Gasteiger partial charge in [0.25, 0.3) is 0 Å². The lowest BCUT2D eigenvalue weighted by atomic mass is 10.1. The van der Waals surface area contributed by atoms with Gasteiger partial charge in [0.2, 0.25) is 5.95 Å². The number of alkyl halides is 3. The summed E-state index contributed by atoms with van der Waals surface area (Å²) in [6.07, 6.45) is -4.48. The molecule has 1 N–H and O–H groups in total. The van der Waals surface area contributed by atoms with Gasteiger partial charge < -0.3 is 9.88 Å². The van der Waals surface area contributed by atoms with Crippen molar-refractivity contribution in [2.24, 2.45) is 7.05 Å². The number of benzene rings is 3. The van der Waals surface area contributed by atoms with Crippen LogP contribution in [0.2, 0.25) is 5.02 Å². The molecule has 0 fully saturated rings. The van der Waals surface area contributed by atoms with Crippen LogP contribution >= 0.6 is 11.6 Å². The molecule has 4 rings (SSSR count). The number of aryl methyl sites for hydroxylation is 1. The second-order valence-electron chi connectivity index (χ2n) is 6.39. The van der Waals surface area contributed by atoms with Gasteiger partial charge in [0.1, 0.15) is 0 Å². The van der Waals surface area contributed by atoms with Crippen molar-refractivity contribution in [3.8, 4) is 11.1 Å². The highest BCUT2D eigenvalue weighted by atomic mass is 35.5. The maximum absolute atomic E-state index is 13.0. The van der Waals surface area contributed by atoms with Gasteiger partial charge in [0.05, 0.1) is 21.6 Å². The number of anilines is 2. The SMILES string of the molecule is Cn1c(Nc2ccc(-c3ccccc3)cc2)nc2cc(C(F)(F)F)cc(Cl)c21. The van der Waals surface area contributed by atoms with Crippen molar-refractivity contribution in [2.75, 3.05) is 5.32 Å². The van der Waals surface area contributed by atoms with Gasteiger partial charge in [-0.05, 0) is 35.4 Å². The zero-order chi connectivity index (χ0) is 19.9. The Morgan fingerprint density at radius 2 is 1.57 bits per heavy atom. The molecule has 0 radical (unpaired) electrons. The molecule has 7 heteroatoms. The van der Waals surface area contributed by atoms with Crippen LogP contribution in [0.25, 0.3) is 22.2 Å².